The van der Waals surface area contributed by atoms with Crippen molar-refractivity contribution in [2.75, 3.05) is 46.4 Å². The Morgan fingerprint density at radius 2 is 2.05 bits per heavy atom. The maximum absolute atomic E-state index is 11.5. The Balaban J connectivity index is 0.00000242. The molecule has 6 nitrogen and oxygen atoms in total. The molecule has 0 bridgehead atoms. The van der Waals surface area contributed by atoms with Crippen molar-refractivity contribution in [2.24, 2.45) is 16.3 Å². The lowest BCUT2D eigenvalue weighted by molar-refractivity contribution is -0.123. The minimum absolute atomic E-state index is 0. The van der Waals surface area contributed by atoms with E-state index in [0.29, 0.717) is 18.5 Å². The monoisotopic (exact) mass is 424 g/mol. The third-order valence-corrected chi connectivity index (χ3v) is 4.37. The van der Waals surface area contributed by atoms with E-state index in [2.05, 4.69) is 20.5 Å². The maximum atomic E-state index is 11.5. The Morgan fingerprint density at radius 1 is 1.32 bits per heavy atom. The highest BCUT2D eigenvalue weighted by Crippen LogP contribution is 2.37. The van der Waals surface area contributed by atoms with E-state index in [-0.39, 0.29) is 35.8 Å². The second kappa shape index (κ2) is 8.90. The van der Waals surface area contributed by atoms with E-state index < -0.39 is 0 Å². The van der Waals surface area contributed by atoms with Crippen LogP contribution in [-0.4, -0.2) is 63.2 Å². The van der Waals surface area contributed by atoms with Crippen LogP contribution in [0.15, 0.2) is 4.99 Å². The van der Waals surface area contributed by atoms with Gasteiger partial charge < -0.3 is 20.3 Å². The molecule has 2 N–H and O–H groups in total. The van der Waals surface area contributed by atoms with Crippen LogP contribution in [0.4, 0.5) is 0 Å². The maximum Gasteiger partial charge on any atom is 0.222 e. The lowest BCUT2D eigenvalue weighted by atomic mass is 9.87. The Kier molecular flexibility index (Phi) is 7.88. The fourth-order valence-electron chi connectivity index (χ4n) is 2.98. The molecule has 0 saturated carbocycles. The number of rotatable bonds is 4. The first-order valence-electron chi connectivity index (χ1n) is 7.87. The molecule has 0 aromatic carbocycles. The van der Waals surface area contributed by atoms with E-state index >= 15 is 0 Å². The van der Waals surface area contributed by atoms with E-state index in [9.17, 15) is 4.79 Å². The normalized spacial score (nSPS) is 24.7. The third-order valence-electron chi connectivity index (χ3n) is 4.37. The van der Waals surface area contributed by atoms with Gasteiger partial charge in [0.15, 0.2) is 5.96 Å². The number of nitrogens with zero attached hydrogens (tertiary/aromatic N) is 2. The van der Waals surface area contributed by atoms with Crippen LogP contribution in [0.2, 0.25) is 0 Å². The zero-order valence-corrected chi connectivity index (χ0v) is 16.2. The van der Waals surface area contributed by atoms with Gasteiger partial charge in [0.1, 0.15) is 0 Å². The van der Waals surface area contributed by atoms with Gasteiger partial charge in [0.05, 0.1) is 6.61 Å². The molecule has 0 aromatic heterocycles. The fraction of sp³-hybridized carbons (Fsp3) is 0.867. The zero-order chi connectivity index (χ0) is 15.3. The van der Waals surface area contributed by atoms with Gasteiger partial charge in [-0.05, 0) is 12.8 Å². The molecule has 1 atom stereocenters. The van der Waals surface area contributed by atoms with Gasteiger partial charge in [-0.2, -0.15) is 0 Å². The minimum Gasteiger partial charge on any atom is -0.381 e. The molecular formula is C15H29IN4O2. The van der Waals surface area contributed by atoms with Crippen molar-refractivity contribution in [1.29, 1.82) is 0 Å². The van der Waals surface area contributed by atoms with Crippen molar-refractivity contribution in [1.82, 2.24) is 15.5 Å². The zero-order valence-electron chi connectivity index (χ0n) is 13.9. The summed E-state index contributed by atoms with van der Waals surface area (Å²) >= 11 is 0. The predicted molar refractivity (Wildman–Crippen MR) is 98.7 cm³/mol. The lowest BCUT2D eigenvalue weighted by Crippen LogP contribution is -2.44. The topological polar surface area (TPSA) is 66.0 Å². The molecule has 2 aliphatic rings. The Morgan fingerprint density at radius 3 is 2.64 bits per heavy atom. The summed E-state index contributed by atoms with van der Waals surface area (Å²) in [6.45, 7) is 8.94. The van der Waals surface area contributed by atoms with E-state index in [1.54, 1.807) is 0 Å². The van der Waals surface area contributed by atoms with E-state index in [4.69, 9.17) is 4.74 Å². The standard InChI is InChI=1S/C15H28N4O2.HI/c1-12(2)13(20)17-6-7-18-14(16-3)19-8-4-15(10-19)5-9-21-11-15;/h12H,4-11H2,1-3H3,(H,16,18)(H,17,20);1H. The molecule has 2 saturated heterocycles. The van der Waals surface area contributed by atoms with Gasteiger partial charge in [-0.25, -0.2) is 0 Å². The number of halogens is 1. The molecule has 1 amide bonds. The second-order valence-electron chi connectivity index (χ2n) is 6.39. The average Bonchev–Trinajstić information content (AvgIpc) is 3.09. The van der Waals surface area contributed by atoms with Crippen LogP contribution < -0.4 is 10.6 Å². The number of hydrogen-bond donors (Lipinski definition) is 2. The van der Waals surface area contributed by atoms with Gasteiger partial charge in [-0.1, -0.05) is 13.8 Å². The first-order chi connectivity index (χ1) is 10.1. The average molecular weight is 424 g/mol. The van der Waals surface area contributed by atoms with Crippen molar-refractivity contribution < 1.29 is 9.53 Å². The van der Waals surface area contributed by atoms with Crippen LogP contribution >= 0.6 is 24.0 Å². The summed E-state index contributed by atoms with van der Waals surface area (Å²) in [5.41, 5.74) is 0.337. The number of aliphatic imine (C=N–C) groups is 1. The number of likely N-dealkylation sites (tertiary alicyclic amines) is 1. The minimum atomic E-state index is 0. The van der Waals surface area contributed by atoms with Gasteiger partial charge in [-0.3, -0.25) is 9.79 Å². The molecule has 22 heavy (non-hydrogen) atoms. The second-order valence-corrected chi connectivity index (χ2v) is 6.39. The highest BCUT2D eigenvalue weighted by atomic mass is 127. The smallest absolute Gasteiger partial charge is 0.222 e. The molecule has 7 heteroatoms. The molecule has 2 fully saturated rings. The largest absolute Gasteiger partial charge is 0.381 e. The number of guanidine groups is 1. The van der Waals surface area contributed by atoms with Gasteiger partial charge in [0, 0.05) is 51.2 Å². The van der Waals surface area contributed by atoms with Crippen LogP contribution in [0.3, 0.4) is 0 Å². The van der Waals surface area contributed by atoms with Gasteiger partial charge in [0.2, 0.25) is 5.91 Å². The fourth-order valence-corrected chi connectivity index (χ4v) is 2.98. The highest BCUT2D eigenvalue weighted by Gasteiger charge is 2.42. The summed E-state index contributed by atoms with van der Waals surface area (Å²) < 4.78 is 5.56. The van der Waals surface area contributed by atoms with Gasteiger partial charge >= 0.3 is 0 Å². The van der Waals surface area contributed by atoms with Crippen LogP contribution in [0.25, 0.3) is 0 Å². The van der Waals surface area contributed by atoms with Crippen molar-refractivity contribution in [3.63, 3.8) is 0 Å². The van der Waals surface area contributed by atoms with Crippen molar-refractivity contribution in [3.8, 4) is 0 Å². The van der Waals surface area contributed by atoms with Crippen LogP contribution in [0, 0.1) is 11.3 Å². The molecule has 1 spiro atoms. The molecule has 2 rings (SSSR count). The Bertz CT molecular complexity index is 395. The molecular weight excluding hydrogens is 395 g/mol. The number of ether oxygens (including phenoxy) is 1. The molecule has 0 aliphatic carbocycles. The molecule has 1 unspecified atom stereocenters. The van der Waals surface area contributed by atoms with Crippen LogP contribution in [0.1, 0.15) is 26.7 Å². The quantitative estimate of drug-likeness (QED) is 0.307. The van der Waals surface area contributed by atoms with Gasteiger partial charge in [0.25, 0.3) is 0 Å². The Hall–Kier alpha value is -0.570. The summed E-state index contributed by atoms with van der Waals surface area (Å²) in [4.78, 5) is 18.1. The molecule has 2 heterocycles. The van der Waals surface area contributed by atoms with E-state index in [0.717, 1.165) is 38.7 Å². The first-order valence-corrected chi connectivity index (χ1v) is 7.87. The molecule has 0 radical (unpaired) electrons. The van der Waals surface area contributed by atoms with E-state index in [1.807, 2.05) is 20.9 Å². The molecule has 128 valence electrons. The first kappa shape index (κ1) is 19.5. The number of carbonyl (C=O) groups is 1. The summed E-state index contributed by atoms with van der Waals surface area (Å²) in [6.07, 6.45) is 2.34. The number of nitrogens with one attached hydrogen (secondary N) is 2. The van der Waals surface area contributed by atoms with Crippen molar-refractivity contribution >= 4 is 35.8 Å². The highest BCUT2D eigenvalue weighted by molar-refractivity contribution is 14.0. The summed E-state index contributed by atoms with van der Waals surface area (Å²) in [5.74, 6) is 1.05. The predicted octanol–water partition coefficient (Wildman–Crippen LogP) is 1.06. The summed E-state index contributed by atoms with van der Waals surface area (Å²) in [5, 5.41) is 6.24. The molecule has 2 aliphatic heterocycles. The summed E-state index contributed by atoms with van der Waals surface area (Å²) in [6, 6.07) is 0. The van der Waals surface area contributed by atoms with Crippen molar-refractivity contribution in [2.45, 2.75) is 26.7 Å². The van der Waals surface area contributed by atoms with Crippen LogP contribution in [-0.2, 0) is 9.53 Å². The number of hydrogen-bond acceptors (Lipinski definition) is 3. The Labute approximate surface area is 150 Å². The number of carbonyl (C=O) groups excluding carboxylic acids is 1. The van der Waals surface area contributed by atoms with E-state index in [1.165, 1.54) is 6.42 Å². The summed E-state index contributed by atoms with van der Waals surface area (Å²) in [7, 11) is 1.81. The van der Waals surface area contributed by atoms with Crippen LogP contribution in [0.5, 0.6) is 0 Å². The van der Waals surface area contributed by atoms with Crippen molar-refractivity contribution in [3.05, 3.63) is 0 Å². The number of amides is 1. The lowest BCUT2D eigenvalue weighted by Gasteiger charge is -2.25. The third kappa shape index (κ3) is 4.97. The molecule has 0 aromatic rings. The SMILES string of the molecule is CN=C(NCCNC(=O)C(C)C)N1CCC2(CCOC2)C1.I. The van der Waals surface area contributed by atoms with Gasteiger partial charge in [-0.15, -0.1) is 24.0 Å².